The second kappa shape index (κ2) is 6.94. The van der Waals surface area contributed by atoms with Gasteiger partial charge in [-0.15, -0.1) is 0 Å². The number of anilines is 1. The number of hydrogen-bond donors (Lipinski definition) is 1. The molecule has 0 aliphatic carbocycles. The highest BCUT2D eigenvalue weighted by molar-refractivity contribution is 5.90. The highest BCUT2D eigenvalue weighted by atomic mass is 16.5. The summed E-state index contributed by atoms with van der Waals surface area (Å²) in [7, 11) is 0. The number of carbonyl (C=O) groups is 1. The molecule has 0 aliphatic rings. The van der Waals surface area contributed by atoms with Crippen molar-refractivity contribution >= 4 is 11.7 Å². The van der Waals surface area contributed by atoms with Crippen molar-refractivity contribution in [2.24, 2.45) is 0 Å². The maximum atomic E-state index is 11.7. The van der Waals surface area contributed by atoms with Crippen molar-refractivity contribution in [2.45, 2.75) is 39.5 Å². The zero-order chi connectivity index (χ0) is 12.7. The molecular formula is C14H21NO2. The number of carbonyl (C=O) groups excluding carboxylic acids is 1. The third-order valence-electron chi connectivity index (χ3n) is 2.57. The number of aryl methyl sites for hydroxylation is 1. The van der Waals surface area contributed by atoms with Crippen molar-refractivity contribution in [3.63, 3.8) is 0 Å². The van der Waals surface area contributed by atoms with Crippen LogP contribution in [0.1, 0.15) is 48.5 Å². The first-order valence-electron chi connectivity index (χ1n) is 6.17. The SMILES string of the molecule is CCCCCCOC(=O)c1cc(C)cc(N)c1. The van der Waals surface area contributed by atoms with Gasteiger partial charge in [-0.3, -0.25) is 0 Å². The Hall–Kier alpha value is -1.51. The minimum Gasteiger partial charge on any atom is -0.462 e. The largest absolute Gasteiger partial charge is 0.462 e. The van der Waals surface area contributed by atoms with Gasteiger partial charge in [-0.1, -0.05) is 26.2 Å². The van der Waals surface area contributed by atoms with E-state index in [1.165, 1.54) is 12.8 Å². The third kappa shape index (κ3) is 4.89. The van der Waals surface area contributed by atoms with E-state index < -0.39 is 0 Å². The van der Waals surface area contributed by atoms with Gasteiger partial charge in [0.25, 0.3) is 0 Å². The van der Waals surface area contributed by atoms with E-state index in [9.17, 15) is 4.79 Å². The molecule has 3 heteroatoms. The fraction of sp³-hybridized carbons (Fsp3) is 0.500. The lowest BCUT2D eigenvalue weighted by Gasteiger charge is -2.06. The van der Waals surface area contributed by atoms with Crippen LogP contribution in [0.5, 0.6) is 0 Å². The van der Waals surface area contributed by atoms with E-state index >= 15 is 0 Å². The van der Waals surface area contributed by atoms with Gasteiger partial charge in [-0.2, -0.15) is 0 Å². The summed E-state index contributed by atoms with van der Waals surface area (Å²) in [4.78, 5) is 11.7. The maximum Gasteiger partial charge on any atom is 0.338 e. The topological polar surface area (TPSA) is 52.3 Å². The Morgan fingerprint density at radius 2 is 2.00 bits per heavy atom. The predicted octanol–water partition coefficient (Wildman–Crippen LogP) is 3.31. The zero-order valence-electron chi connectivity index (χ0n) is 10.7. The molecule has 0 unspecified atom stereocenters. The van der Waals surface area contributed by atoms with E-state index in [0.717, 1.165) is 18.4 Å². The normalized spacial score (nSPS) is 10.2. The second-order valence-corrected chi connectivity index (χ2v) is 4.33. The predicted molar refractivity (Wildman–Crippen MR) is 70.0 cm³/mol. The van der Waals surface area contributed by atoms with Gasteiger partial charge in [0.1, 0.15) is 0 Å². The second-order valence-electron chi connectivity index (χ2n) is 4.33. The average molecular weight is 235 g/mol. The van der Waals surface area contributed by atoms with Gasteiger partial charge in [0, 0.05) is 5.69 Å². The van der Waals surface area contributed by atoms with Crippen LogP contribution in [0.3, 0.4) is 0 Å². The van der Waals surface area contributed by atoms with Crippen molar-refractivity contribution in [2.75, 3.05) is 12.3 Å². The first-order valence-corrected chi connectivity index (χ1v) is 6.17. The van der Waals surface area contributed by atoms with E-state index in [4.69, 9.17) is 10.5 Å². The Morgan fingerprint density at radius 3 is 2.65 bits per heavy atom. The Labute approximate surface area is 103 Å². The number of hydrogen-bond acceptors (Lipinski definition) is 3. The summed E-state index contributed by atoms with van der Waals surface area (Å²) in [6.07, 6.45) is 4.41. The van der Waals surface area contributed by atoms with Gasteiger partial charge in [-0.25, -0.2) is 4.79 Å². The van der Waals surface area contributed by atoms with Crippen LogP contribution < -0.4 is 5.73 Å². The molecule has 0 bridgehead atoms. The van der Waals surface area contributed by atoms with Gasteiger partial charge in [0.15, 0.2) is 0 Å². The molecule has 0 aliphatic heterocycles. The summed E-state index contributed by atoms with van der Waals surface area (Å²) < 4.78 is 5.19. The number of nitrogen functional groups attached to an aromatic ring is 1. The lowest BCUT2D eigenvalue weighted by Crippen LogP contribution is -2.07. The number of nitrogens with two attached hydrogens (primary N) is 1. The van der Waals surface area contributed by atoms with Gasteiger partial charge in [0.2, 0.25) is 0 Å². The summed E-state index contributed by atoms with van der Waals surface area (Å²) >= 11 is 0. The molecule has 0 spiro atoms. The Morgan fingerprint density at radius 1 is 1.24 bits per heavy atom. The number of rotatable bonds is 6. The molecule has 2 N–H and O–H groups in total. The van der Waals surface area contributed by atoms with Crippen molar-refractivity contribution < 1.29 is 9.53 Å². The van der Waals surface area contributed by atoms with E-state index in [1.54, 1.807) is 12.1 Å². The molecule has 0 amide bonds. The standard InChI is InChI=1S/C14H21NO2/c1-3-4-5-6-7-17-14(16)12-8-11(2)9-13(15)10-12/h8-10H,3-7,15H2,1-2H3. The van der Waals surface area contributed by atoms with Crippen molar-refractivity contribution in [3.8, 4) is 0 Å². The van der Waals surface area contributed by atoms with Crippen LogP contribution in [0.2, 0.25) is 0 Å². The third-order valence-corrected chi connectivity index (χ3v) is 2.57. The fourth-order valence-corrected chi connectivity index (χ4v) is 1.71. The first kappa shape index (κ1) is 13.6. The van der Waals surface area contributed by atoms with Crippen LogP contribution in [0.4, 0.5) is 5.69 Å². The van der Waals surface area contributed by atoms with Crippen LogP contribution in [0.15, 0.2) is 18.2 Å². The average Bonchev–Trinajstić information content (AvgIpc) is 2.27. The molecule has 1 aromatic carbocycles. The minimum absolute atomic E-state index is 0.281. The van der Waals surface area contributed by atoms with E-state index in [0.29, 0.717) is 17.9 Å². The molecule has 0 aromatic heterocycles. The lowest BCUT2D eigenvalue weighted by molar-refractivity contribution is 0.0498. The monoisotopic (exact) mass is 235 g/mol. The maximum absolute atomic E-state index is 11.7. The molecule has 94 valence electrons. The number of ether oxygens (including phenoxy) is 1. The summed E-state index contributed by atoms with van der Waals surface area (Å²) in [5.41, 5.74) is 7.80. The van der Waals surface area contributed by atoms with Crippen molar-refractivity contribution in [3.05, 3.63) is 29.3 Å². The lowest BCUT2D eigenvalue weighted by atomic mass is 10.1. The van der Waals surface area contributed by atoms with Crippen LogP contribution in [0.25, 0.3) is 0 Å². The van der Waals surface area contributed by atoms with Crippen molar-refractivity contribution in [1.29, 1.82) is 0 Å². The minimum atomic E-state index is -0.281. The zero-order valence-corrected chi connectivity index (χ0v) is 10.7. The molecule has 1 rings (SSSR count). The first-order chi connectivity index (χ1) is 8.13. The number of unbranched alkanes of at least 4 members (excludes halogenated alkanes) is 3. The summed E-state index contributed by atoms with van der Waals surface area (Å²) in [5, 5.41) is 0. The van der Waals surface area contributed by atoms with Gasteiger partial charge in [0.05, 0.1) is 12.2 Å². The van der Waals surface area contributed by atoms with Crippen molar-refractivity contribution in [1.82, 2.24) is 0 Å². The summed E-state index contributed by atoms with van der Waals surface area (Å²) in [6, 6.07) is 5.28. The highest BCUT2D eigenvalue weighted by Gasteiger charge is 2.07. The number of esters is 1. The van der Waals surface area contributed by atoms with E-state index in [-0.39, 0.29) is 5.97 Å². The van der Waals surface area contributed by atoms with Gasteiger partial charge < -0.3 is 10.5 Å². The molecule has 0 atom stereocenters. The molecule has 0 heterocycles. The van der Waals surface area contributed by atoms with Gasteiger partial charge in [-0.05, 0) is 37.1 Å². The summed E-state index contributed by atoms with van der Waals surface area (Å²) in [6.45, 7) is 4.56. The van der Waals surface area contributed by atoms with Crippen LogP contribution in [0, 0.1) is 6.92 Å². The molecule has 3 nitrogen and oxygen atoms in total. The number of benzene rings is 1. The highest BCUT2D eigenvalue weighted by Crippen LogP contribution is 2.12. The molecule has 0 radical (unpaired) electrons. The van der Waals surface area contributed by atoms with Crippen LogP contribution in [-0.2, 0) is 4.74 Å². The Bertz CT molecular complexity index is 354. The smallest absolute Gasteiger partial charge is 0.338 e. The molecule has 0 saturated heterocycles. The van der Waals surface area contributed by atoms with E-state index in [1.807, 2.05) is 13.0 Å². The Kier molecular flexibility index (Phi) is 5.53. The molecule has 17 heavy (non-hydrogen) atoms. The van der Waals surface area contributed by atoms with E-state index in [2.05, 4.69) is 6.92 Å². The van der Waals surface area contributed by atoms with Crippen LogP contribution >= 0.6 is 0 Å². The van der Waals surface area contributed by atoms with Gasteiger partial charge >= 0.3 is 5.97 Å². The Balaban J connectivity index is 2.41. The molecular weight excluding hydrogens is 214 g/mol. The quantitative estimate of drug-likeness (QED) is 0.467. The molecule has 0 saturated carbocycles. The molecule has 0 fully saturated rings. The summed E-state index contributed by atoms with van der Waals surface area (Å²) in [5.74, 6) is -0.281. The molecule has 1 aromatic rings. The van der Waals surface area contributed by atoms with Crippen LogP contribution in [-0.4, -0.2) is 12.6 Å². The fourth-order valence-electron chi connectivity index (χ4n) is 1.71.